The first-order valence-corrected chi connectivity index (χ1v) is 7.58. The second-order valence-corrected chi connectivity index (χ2v) is 6.42. The monoisotopic (exact) mass is 238 g/mol. The molecular weight excluding hydrogens is 223 g/mol. The molecule has 1 aromatic heterocycles. The summed E-state index contributed by atoms with van der Waals surface area (Å²) in [6.07, 6.45) is 11.1. The van der Waals surface area contributed by atoms with Gasteiger partial charge in [-0.05, 0) is 28.6 Å². The molecule has 0 spiro atoms. The normalized spacial score (nSPS) is 14.5. The molecule has 1 heteroatoms. The van der Waals surface area contributed by atoms with Gasteiger partial charge in [-0.3, -0.25) is 0 Å². The van der Waals surface area contributed by atoms with Crippen LogP contribution in [0.2, 0.25) is 0 Å². The summed E-state index contributed by atoms with van der Waals surface area (Å²) < 4.78 is 0. The zero-order valence-electron chi connectivity index (χ0n) is 9.71. The lowest BCUT2D eigenvalue weighted by atomic mass is 10.2. The van der Waals surface area contributed by atoms with Crippen molar-refractivity contribution in [3.63, 3.8) is 0 Å². The fraction of sp³-hybridized carbons (Fsp3) is 0.125. The van der Waals surface area contributed by atoms with Gasteiger partial charge in [0.2, 0.25) is 0 Å². The summed E-state index contributed by atoms with van der Waals surface area (Å²) in [5.74, 6) is 2.41. The smallest absolute Gasteiger partial charge is 0.0114 e. The molecule has 3 rings (SSSR count). The van der Waals surface area contributed by atoms with Gasteiger partial charge in [0.05, 0.1) is 0 Å². The molecule has 1 atom stereocenters. The Labute approximate surface area is 103 Å². The third kappa shape index (κ3) is 2.28. The van der Waals surface area contributed by atoms with E-state index in [0.29, 0.717) is 0 Å². The molecule has 2 aromatic rings. The Balaban J connectivity index is 1.92. The van der Waals surface area contributed by atoms with Crippen LogP contribution in [0.15, 0.2) is 60.4 Å². The summed E-state index contributed by atoms with van der Waals surface area (Å²) in [6.45, 7) is 0. The lowest BCUT2D eigenvalue weighted by molar-refractivity contribution is 1.32. The highest BCUT2D eigenvalue weighted by Crippen LogP contribution is 2.41. The van der Waals surface area contributed by atoms with E-state index in [1.165, 1.54) is 17.3 Å². The highest BCUT2D eigenvalue weighted by atomic mass is 31.1. The third-order valence-corrected chi connectivity index (χ3v) is 5.49. The Morgan fingerprint density at radius 1 is 1.00 bits per heavy atom. The van der Waals surface area contributed by atoms with Crippen LogP contribution in [-0.2, 0) is 12.6 Å². The topological polar surface area (TPSA) is 0 Å². The van der Waals surface area contributed by atoms with Crippen LogP contribution in [0, 0.1) is 0 Å². The predicted molar refractivity (Wildman–Crippen MR) is 76.6 cm³/mol. The molecule has 0 nitrogen and oxygen atoms in total. The first kappa shape index (κ1) is 10.6. The van der Waals surface area contributed by atoms with Crippen LogP contribution >= 0.6 is 7.53 Å². The standard InChI is InChI=1S/C16H15P/c1-3-7-14(8-4-1)13-17-12-11-15-9-5-2-6-10-16(15)17/h1-9,11-12H,10,13H2. The van der Waals surface area contributed by atoms with Crippen molar-refractivity contribution in [2.75, 3.05) is 0 Å². The van der Waals surface area contributed by atoms with E-state index in [9.17, 15) is 0 Å². The first-order chi connectivity index (χ1) is 8.43. The minimum atomic E-state index is -0.0993. The van der Waals surface area contributed by atoms with Crippen LogP contribution in [-0.4, -0.2) is 0 Å². The van der Waals surface area contributed by atoms with Crippen molar-refractivity contribution in [1.82, 2.24) is 0 Å². The van der Waals surface area contributed by atoms with E-state index < -0.39 is 0 Å². The SMILES string of the molecule is C1=CCc2c(ccp2Cc2ccccc2)C=C1. The van der Waals surface area contributed by atoms with E-state index in [1.807, 2.05) is 0 Å². The Morgan fingerprint density at radius 2 is 1.88 bits per heavy atom. The van der Waals surface area contributed by atoms with Crippen molar-refractivity contribution in [2.45, 2.75) is 12.6 Å². The van der Waals surface area contributed by atoms with Crippen molar-refractivity contribution < 1.29 is 0 Å². The van der Waals surface area contributed by atoms with E-state index in [4.69, 9.17) is 0 Å². The van der Waals surface area contributed by atoms with Gasteiger partial charge < -0.3 is 0 Å². The zero-order chi connectivity index (χ0) is 11.5. The van der Waals surface area contributed by atoms with Gasteiger partial charge in [-0.2, -0.15) is 0 Å². The van der Waals surface area contributed by atoms with Crippen LogP contribution in [0.4, 0.5) is 0 Å². The lowest BCUT2D eigenvalue weighted by Crippen LogP contribution is -1.81. The van der Waals surface area contributed by atoms with Gasteiger partial charge >= 0.3 is 0 Å². The Kier molecular flexibility index (Phi) is 2.98. The average molecular weight is 238 g/mol. The van der Waals surface area contributed by atoms with E-state index in [-0.39, 0.29) is 7.53 Å². The lowest BCUT2D eigenvalue weighted by Gasteiger charge is -2.05. The molecule has 1 aromatic carbocycles. The first-order valence-electron chi connectivity index (χ1n) is 5.98. The van der Waals surface area contributed by atoms with E-state index >= 15 is 0 Å². The highest BCUT2D eigenvalue weighted by Gasteiger charge is 2.08. The maximum atomic E-state index is 2.41. The predicted octanol–water partition coefficient (Wildman–Crippen LogP) is 4.85. The molecule has 0 saturated heterocycles. The number of hydrogen-bond acceptors (Lipinski definition) is 0. The number of hydrogen-bond donors (Lipinski definition) is 0. The van der Waals surface area contributed by atoms with Crippen molar-refractivity contribution >= 4 is 13.6 Å². The van der Waals surface area contributed by atoms with Gasteiger partial charge in [-0.25, -0.2) is 0 Å². The molecule has 0 amide bonds. The molecule has 1 heterocycles. The number of allylic oxidation sites excluding steroid dienone is 3. The van der Waals surface area contributed by atoms with Crippen LogP contribution in [0.3, 0.4) is 0 Å². The van der Waals surface area contributed by atoms with Gasteiger partial charge in [0.15, 0.2) is 0 Å². The second kappa shape index (κ2) is 4.77. The van der Waals surface area contributed by atoms with E-state index in [2.05, 4.69) is 66.5 Å². The van der Waals surface area contributed by atoms with Crippen molar-refractivity contribution in [2.24, 2.45) is 0 Å². The number of fused-ring (bicyclic) bond motifs is 1. The summed E-state index contributed by atoms with van der Waals surface area (Å²) in [7, 11) is -0.0993. The molecule has 17 heavy (non-hydrogen) atoms. The van der Waals surface area contributed by atoms with Crippen molar-refractivity contribution in [3.05, 3.63) is 76.8 Å². The highest BCUT2D eigenvalue weighted by molar-refractivity contribution is 7.49. The molecule has 1 unspecified atom stereocenters. The van der Waals surface area contributed by atoms with Gasteiger partial charge in [0.25, 0.3) is 0 Å². The molecule has 0 aliphatic heterocycles. The van der Waals surface area contributed by atoms with Gasteiger partial charge in [-0.1, -0.05) is 60.7 Å². The quantitative estimate of drug-likeness (QED) is 0.701. The third-order valence-electron chi connectivity index (χ3n) is 3.14. The average Bonchev–Trinajstić information content (AvgIpc) is 2.61. The molecule has 1 aliphatic rings. The fourth-order valence-corrected chi connectivity index (χ4v) is 4.50. The maximum absolute atomic E-state index is 2.41. The molecule has 84 valence electrons. The summed E-state index contributed by atoms with van der Waals surface area (Å²) in [5.41, 5.74) is 2.89. The van der Waals surface area contributed by atoms with Crippen LogP contribution in [0.1, 0.15) is 16.4 Å². The maximum Gasteiger partial charge on any atom is 0.0114 e. The largest absolute Gasteiger partial charge is 0.116 e. The molecular formula is C16H15P. The van der Waals surface area contributed by atoms with Crippen LogP contribution in [0.25, 0.3) is 6.08 Å². The molecule has 0 bridgehead atoms. The minimum Gasteiger partial charge on any atom is -0.116 e. The zero-order valence-corrected chi connectivity index (χ0v) is 10.6. The minimum absolute atomic E-state index is 0.0993. The van der Waals surface area contributed by atoms with Gasteiger partial charge in [-0.15, -0.1) is 7.53 Å². The van der Waals surface area contributed by atoms with E-state index in [0.717, 1.165) is 6.42 Å². The fourth-order valence-electron chi connectivity index (χ4n) is 2.25. The molecule has 0 N–H and O–H groups in total. The molecule has 0 radical (unpaired) electrons. The summed E-state index contributed by atoms with van der Waals surface area (Å²) >= 11 is 0. The Hall–Kier alpha value is -1.52. The summed E-state index contributed by atoms with van der Waals surface area (Å²) in [5, 5.41) is 1.63. The Bertz CT molecular complexity index is 558. The molecule has 1 aliphatic carbocycles. The molecule has 0 fully saturated rings. The van der Waals surface area contributed by atoms with Crippen LogP contribution in [0.5, 0.6) is 0 Å². The van der Waals surface area contributed by atoms with Crippen LogP contribution < -0.4 is 0 Å². The Morgan fingerprint density at radius 3 is 2.76 bits per heavy atom. The number of rotatable bonds is 2. The number of benzene rings is 1. The van der Waals surface area contributed by atoms with E-state index in [1.54, 1.807) is 5.30 Å². The summed E-state index contributed by atoms with van der Waals surface area (Å²) in [4.78, 5) is 0. The second-order valence-electron chi connectivity index (χ2n) is 4.32. The van der Waals surface area contributed by atoms with Crippen molar-refractivity contribution in [1.29, 1.82) is 0 Å². The van der Waals surface area contributed by atoms with Crippen molar-refractivity contribution in [3.8, 4) is 0 Å². The molecule has 0 saturated carbocycles. The summed E-state index contributed by atoms with van der Waals surface area (Å²) in [6, 6.07) is 13.1. The van der Waals surface area contributed by atoms with Gasteiger partial charge in [0.1, 0.15) is 0 Å². The van der Waals surface area contributed by atoms with Gasteiger partial charge in [0, 0.05) is 6.16 Å².